The number of nitrogens with zero attached hydrogens (tertiary/aromatic N) is 1. The van der Waals surface area contributed by atoms with Crippen LogP contribution < -0.4 is 11.1 Å². The first kappa shape index (κ1) is 15.3. The van der Waals surface area contributed by atoms with Gasteiger partial charge in [-0.2, -0.15) is 0 Å². The number of para-hydroxylation sites is 1. The molecule has 1 aliphatic carbocycles. The van der Waals surface area contributed by atoms with E-state index in [1.807, 2.05) is 0 Å². The van der Waals surface area contributed by atoms with Crippen LogP contribution in [0.25, 0.3) is 0 Å². The third-order valence-electron chi connectivity index (χ3n) is 4.31. The monoisotopic (exact) mass is 291 g/mol. The van der Waals surface area contributed by atoms with Gasteiger partial charge >= 0.3 is 5.69 Å². The molecule has 114 valence electrons. The molecule has 1 aromatic carbocycles. The molecule has 3 N–H and O–H groups in total. The van der Waals surface area contributed by atoms with Crippen molar-refractivity contribution >= 4 is 17.3 Å². The smallest absolute Gasteiger partial charge is 0.304 e. The fourth-order valence-electron chi connectivity index (χ4n) is 2.96. The summed E-state index contributed by atoms with van der Waals surface area (Å²) in [6.07, 6.45) is 4.70. The van der Waals surface area contributed by atoms with Gasteiger partial charge in [0.2, 0.25) is 0 Å². The number of amides is 1. The van der Waals surface area contributed by atoms with Crippen LogP contribution in [0.15, 0.2) is 18.2 Å². The van der Waals surface area contributed by atoms with E-state index in [1.54, 1.807) is 6.07 Å². The van der Waals surface area contributed by atoms with Crippen LogP contribution in [-0.4, -0.2) is 17.4 Å². The number of carbonyl (C=O) groups excluding carboxylic acids is 1. The highest BCUT2D eigenvalue weighted by Crippen LogP contribution is 2.29. The maximum Gasteiger partial charge on any atom is 0.304 e. The van der Waals surface area contributed by atoms with Gasteiger partial charge in [0.15, 0.2) is 0 Å². The Morgan fingerprint density at radius 3 is 2.81 bits per heavy atom. The molecular weight excluding hydrogens is 270 g/mol. The van der Waals surface area contributed by atoms with Gasteiger partial charge in [-0.05, 0) is 30.4 Å². The summed E-state index contributed by atoms with van der Waals surface area (Å²) in [5, 5.41) is 13.9. The third-order valence-corrected chi connectivity index (χ3v) is 4.31. The number of nitrogen functional groups attached to an aromatic ring is 1. The quantitative estimate of drug-likeness (QED) is 0.506. The molecule has 0 spiro atoms. The van der Waals surface area contributed by atoms with Gasteiger partial charge in [-0.15, -0.1) is 0 Å². The molecule has 0 bridgehead atoms. The highest BCUT2D eigenvalue weighted by Gasteiger charge is 2.25. The third kappa shape index (κ3) is 3.51. The van der Waals surface area contributed by atoms with E-state index in [-0.39, 0.29) is 16.9 Å². The Balaban J connectivity index is 2.07. The highest BCUT2D eigenvalue weighted by molar-refractivity contribution is 6.00. The van der Waals surface area contributed by atoms with Crippen molar-refractivity contribution in [1.82, 2.24) is 5.32 Å². The van der Waals surface area contributed by atoms with Crippen LogP contribution in [0.1, 0.15) is 43.0 Å². The zero-order valence-electron chi connectivity index (χ0n) is 12.2. The van der Waals surface area contributed by atoms with Crippen molar-refractivity contribution in [3.8, 4) is 0 Å². The zero-order chi connectivity index (χ0) is 15.4. The fourth-order valence-corrected chi connectivity index (χ4v) is 2.96. The number of rotatable bonds is 4. The molecular formula is C15H21N3O3. The number of nitrogens with two attached hydrogens (primary N) is 1. The Kier molecular flexibility index (Phi) is 4.77. The summed E-state index contributed by atoms with van der Waals surface area (Å²) in [6, 6.07) is 4.42. The molecule has 1 fully saturated rings. The van der Waals surface area contributed by atoms with Gasteiger partial charge in [0.05, 0.1) is 4.92 Å². The number of hydrogen-bond acceptors (Lipinski definition) is 4. The maximum atomic E-state index is 12.2. The molecule has 0 radical (unpaired) electrons. The van der Waals surface area contributed by atoms with E-state index in [4.69, 9.17) is 5.73 Å². The van der Waals surface area contributed by atoms with E-state index in [1.165, 1.54) is 31.4 Å². The van der Waals surface area contributed by atoms with Crippen LogP contribution in [0, 0.1) is 22.0 Å². The molecule has 1 saturated carbocycles. The Hall–Kier alpha value is -2.11. The van der Waals surface area contributed by atoms with Gasteiger partial charge in [0.25, 0.3) is 5.91 Å². The average Bonchev–Trinajstić information content (AvgIpc) is 2.45. The topological polar surface area (TPSA) is 98.3 Å². The van der Waals surface area contributed by atoms with Gasteiger partial charge in [-0.1, -0.05) is 32.3 Å². The number of anilines is 1. The lowest BCUT2D eigenvalue weighted by molar-refractivity contribution is -0.384. The van der Waals surface area contributed by atoms with Crippen molar-refractivity contribution in [2.24, 2.45) is 11.8 Å². The molecule has 6 heteroatoms. The summed E-state index contributed by atoms with van der Waals surface area (Å²) in [5.41, 5.74) is 5.33. The molecule has 2 rings (SSSR count). The molecule has 0 aliphatic heterocycles. The van der Waals surface area contributed by atoms with Gasteiger partial charge < -0.3 is 11.1 Å². The Labute approximate surface area is 123 Å². The first-order chi connectivity index (χ1) is 10.0. The fraction of sp³-hybridized carbons (Fsp3) is 0.533. The molecule has 1 aliphatic rings. The lowest BCUT2D eigenvalue weighted by atomic mass is 9.80. The minimum Gasteiger partial charge on any atom is -0.393 e. The molecule has 2 atom stereocenters. The predicted octanol–water partition coefficient (Wildman–Crippen LogP) is 2.73. The molecule has 21 heavy (non-hydrogen) atoms. The minimum absolute atomic E-state index is 0.0127. The van der Waals surface area contributed by atoms with Crippen molar-refractivity contribution in [3.63, 3.8) is 0 Å². The summed E-state index contributed by atoms with van der Waals surface area (Å²) in [6.45, 7) is 2.75. The number of nitro benzene ring substituents is 1. The van der Waals surface area contributed by atoms with Crippen molar-refractivity contribution in [1.29, 1.82) is 0 Å². The van der Waals surface area contributed by atoms with Crippen molar-refractivity contribution < 1.29 is 9.72 Å². The van der Waals surface area contributed by atoms with E-state index in [0.717, 1.165) is 6.42 Å². The van der Waals surface area contributed by atoms with Gasteiger partial charge in [0, 0.05) is 6.54 Å². The van der Waals surface area contributed by atoms with Gasteiger partial charge in [0.1, 0.15) is 11.3 Å². The maximum absolute atomic E-state index is 12.2. The summed E-state index contributed by atoms with van der Waals surface area (Å²) in [4.78, 5) is 22.6. The summed E-state index contributed by atoms with van der Waals surface area (Å²) < 4.78 is 0. The van der Waals surface area contributed by atoms with E-state index in [2.05, 4.69) is 12.2 Å². The first-order valence-electron chi connectivity index (χ1n) is 7.31. The number of benzene rings is 1. The largest absolute Gasteiger partial charge is 0.393 e. The van der Waals surface area contributed by atoms with Crippen LogP contribution in [0.4, 0.5) is 11.4 Å². The Bertz CT molecular complexity index is 545. The average molecular weight is 291 g/mol. The summed E-state index contributed by atoms with van der Waals surface area (Å²) in [7, 11) is 0. The lowest BCUT2D eigenvalue weighted by Gasteiger charge is -2.28. The van der Waals surface area contributed by atoms with Gasteiger partial charge in [-0.3, -0.25) is 14.9 Å². The normalized spacial score (nSPS) is 21.8. The van der Waals surface area contributed by atoms with E-state index in [9.17, 15) is 14.9 Å². The highest BCUT2D eigenvalue weighted by atomic mass is 16.6. The van der Waals surface area contributed by atoms with Crippen molar-refractivity contribution in [3.05, 3.63) is 33.9 Å². The summed E-state index contributed by atoms with van der Waals surface area (Å²) >= 11 is 0. The molecule has 1 aromatic rings. The minimum atomic E-state index is -0.604. The molecule has 1 amide bonds. The van der Waals surface area contributed by atoms with Crippen LogP contribution >= 0.6 is 0 Å². The van der Waals surface area contributed by atoms with Crippen molar-refractivity contribution in [2.45, 2.75) is 32.6 Å². The molecule has 6 nitrogen and oxygen atoms in total. The van der Waals surface area contributed by atoms with Crippen LogP contribution in [-0.2, 0) is 0 Å². The van der Waals surface area contributed by atoms with Crippen LogP contribution in [0.5, 0.6) is 0 Å². The second-order valence-corrected chi connectivity index (χ2v) is 5.73. The van der Waals surface area contributed by atoms with E-state index in [0.29, 0.717) is 18.4 Å². The second kappa shape index (κ2) is 6.56. The van der Waals surface area contributed by atoms with E-state index >= 15 is 0 Å². The van der Waals surface area contributed by atoms with Crippen LogP contribution in [0.2, 0.25) is 0 Å². The number of hydrogen-bond donors (Lipinski definition) is 2. The lowest BCUT2D eigenvalue weighted by Crippen LogP contribution is -2.33. The zero-order valence-corrected chi connectivity index (χ0v) is 12.2. The van der Waals surface area contributed by atoms with Crippen LogP contribution in [0.3, 0.4) is 0 Å². The Morgan fingerprint density at radius 2 is 2.14 bits per heavy atom. The molecule has 2 unspecified atom stereocenters. The molecule has 0 saturated heterocycles. The number of carbonyl (C=O) groups is 1. The van der Waals surface area contributed by atoms with E-state index < -0.39 is 10.8 Å². The number of nitrogens with one attached hydrogen (secondary N) is 1. The standard InChI is InChI=1S/C15H21N3O3/c1-10-5-2-3-6-11(10)9-17-15(19)12-7-4-8-13(16)14(12)18(20)21/h4,7-8,10-11H,2-3,5-6,9,16H2,1H3,(H,17,19). The SMILES string of the molecule is CC1CCCCC1CNC(=O)c1cccc(N)c1[N+](=O)[O-]. The predicted molar refractivity (Wildman–Crippen MR) is 81.0 cm³/mol. The first-order valence-corrected chi connectivity index (χ1v) is 7.31. The number of nitro groups is 1. The molecule has 0 heterocycles. The molecule has 0 aromatic heterocycles. The van der Waals surface area contributed by atoms with Gasteiger partial charge in [-0.25, -0.2) is 0 Å². The summed E-state index contributed by atoms with van der Waals surface area (Å²) in [5.74, 6) is 0.601. The Morgan fingerprint density at radius 1 is 1.43 bits per heavy atom. The second-order valence-electron chi connectivity index (χ2n) is 5.73. The van der Waals surface area contributed by atoms with Crippen molar-refractivity contribution in [2.75, 3.05) is 12.3 Å².